The second-order valence-corrected chi connectivity index (χ2v) is 4.40. The molecule has 0 unspecified atom stereocenters. The number of carbonyl (C=O) groups excluding carboxylic acids is 2. The van der Waals surface area contributed by atoms with Crippen molar-refractivity contribution in [3.05, 3.63) is 0 Å². The summed E-state index contributed by atoms with van der Waals surface area (Å²) in [4.78, 5) is 25.9. The smallest absolute Gasteiger partial charge is 0.316 e. The van der Waals surface area contributed by atoms with Crippen LogP contribution in [0.1, 0.15) is 13.8 Å². The fourth-order valence-electron chi connectivity index (χ4n) is 1.02. The highest BCUT2D eigenvalue weighted by molar-refractivity contribution is 5.78. The Hall–Kier alpha value is -1.30. The molecule has 0 atom stereocenters. The van der Waals surface area contributed by atoms with Crippen molar-refractivity contribution in [1.82, 2.24) is 20.4 Å². The van der Waals surface area contributed by atoms with Crippen molar-refractivity contribution < 1.29 is 9.59 Å². The van der Waals surface area contributed by atoms with Crippen LogP contribution in [0.25, 0.3) is 0 Å². The molecule has 0 aromatic carbocycles. The number of hydrogen-bond acceptors (Lipinski definition) is 3. The Bertz CT molecular complexity index is 254. The normalized spacial score (nSPS) is 10.2. The summed E-state index contributed by atoms with van der Waals surface area (Å²) >= 11 is 0. The maximum Gasteiger partial charge on any atom is 0.316 e. The van der Waals surface area contributed by atoms with Crippen LogP contribution < -0.4 is 10.6 Å². The van der Waals surface area contributed by atoms with Gasteiger partial charge in [-0.2, -0.15) is 0 Å². The lowest BCUT2D eigenvalue weighted by Crippen LogP contribution is -2.42. The van der Waals surface area contributed by atoms with E-state index >= 15 is 0 Å². The van der Waals surface area contributed by atoms with Crippen LogP contribution in [0.3, 0.4) is 0 Å². The topological polar surface area (TPSA) is 64.7 Å². The van der Waals surface area contributed by atoms with Crippen LogP contribution in [0.2, 0.25) is 0 Å². The molecule has 0 bridgehead atoms. The van der Waals surface area contributed by atoms with E-state index in [9.17, 15) is 9.59 Å². The molecule has 0 aromatic heterocycles. The number of hydrogen-bond donors (Lipinski definition) is 2. The number of nitrogens with one attached hydrogen (secondary N) is 2. The minimum atomic E-state index is -0.127. The van der Waals surface area contributed by atoms with Crippen molar-refractivity contribution in [2.45, 2.75) is 19.9 Å². The number of rotatable bonds is 6. The third-order valence-corrected chi connectivity index (χ3v) is 2.43. The highest BCUT2D eigenvalue weighted by atomic mass is 16.2. The minimum Gasteiger partial charge on any atom is -0.342 e. The predicted octanol–water partition coefficient (Wildman–Crippen LogP) is -0.286. The molecule has 0 aromatic rings. The largest absolute Gasteiger partial charge is 0.342 e. The van der Waals surface area contributed by atoms with Crippen molar-refractivity contribution >= 4 is 11.9 Å². The van der Waals surface area contributed by atoms with Crippen molar-refractivity contribution in [2.24, 2.45) is 0 Å². The highest BCUT2D eigenvalue weighted by Crippen LogP contribution is 1.92. The van der Waals surface area contributed by atoms with Crippen LogP contribution in [0.15, 0.2) is 0 Å². The molecule has 0 aliphatic rings. The van der Waals surface area contributed by atoms with E-state index in [4.69, 9.17) is 0 Å². The Morgan fingerprint density at radius 1 is 1.12 bits per heavy atom. The zero-order valence-electron chi connectivity index (χ0n) is 11.4. The number of carbonyl (C=O) groups is 2. The Morgan fingerprint density at radius 3 is 2.18 bits per heavy atom. The van der Waals surface area contributed by atoms with Gasteiger partial charge >= 0.3 is 6.03 Å². The molecule has 100 valence electrons. The lowest BCUT2D eigenvalue weighted by atomic mass is 10.3. The summed E-state index contributed by atoms with van der Waals surface area (Å²) in [5, 5.41) is 5.70. The van der Waals surface area contributed by atoms with E-state index in [0.29, 0.717) is 19.6 Å². The second-order valence-electron chi connectivity index (χ2n) is 4.40. The summed E-state index contributed by atoms with van der Waals surface area (Å²) in [5.74, 6) is 0.0546. The molecule has 0 spiro atoms. The van der Waals surface area contributed by atoms with Gasteiger partial charge in [0.25, 0.3) is 0 Å². The third-order valence-electron chi connectivity index (χ3n) is 2.43. The zero-order valence-corrected chi connectivity index (χ0v) is 11.4. The van der Waals surface area contributed by atoms with Crippen LogP contribution in [-0.4, -0.2) is 68.6 Å². The molecule has 0 radical (unpaired) electrons. The maximum absolute atomic E-state index is 11.6. The molecule has 6 nitrogen and oxygen atoms in total. The van der Waals surface area contributed by atoms with E-state index in [2.05, 4.69) is 10.6 Å². The van der Waals surface area contributed by atoms with Gasteiger partial charge in [-0.1, -0.05) is 0 Å². The summed E-state index contributed by atoms with van der Waals surface area (Å²) in [6.07, 6.45) is 0. The number of urea groups is 1. The van der Waals surface area contributed by atoms with E-state index in [-0.39, 0.29) is 18.0 Å². The van der Waals surface area contributed by atoms with Gasteiger partial charge in [-0.3, -0.25) is 4.79 Å². The predicted molar refractivity (Wildman–Crippen MR) is 67.9 cm³/mol. The molecule has 3 amide bonds. The summed E-state index contributed by atoms with van der Waals surface area (Å²) < 4.78 is 0. The summed E-state index contributed by atoms with van der Waals surface area (Å²) in [6, 6.07) is 0.0789. The lowest BCUT2D eigenvalue weighted by Gasteiger charge is -2.21. The molecular formula is C11H24N4O2. The average molecular weight is 244 g/mol. The van der Waals surface area contributed by atoms with Crippen LogP contribution in [0.4, 0.5) is 4.79 Å². The Labute approximate surface area is 103 Å². The van der Waals surface area contributed by atoms with Crippen LogP contribution >= 0.6 is 0 Å². The van der Waals surface area contributed by atoms with Gasteiger partial charge in [0, 0.05) is 40.3 Å². The van der Waals surface area contributed by atoms with Gasteiger partial charge in [-0.05, 0) is 13.8 Å². The second kappa shape index (κ2) is 7.89. The standard InChI is InChI=1S/C11H24N4O2/c1-9(2)15(5)10(16)8-12-6-7-13-11(17)14(3)4/h9,12H,6-8H2,1-5H3,(H,13,17). The van der Waals surface area contributed by atoms with E-state index in [1.54, 1.807) is 26.0 Å². The molecule has 0 aliphatic heterocycles. The van der Waals surface area contributed by atoms with Gasteiger partial charge < -0.3 is 20.4 Å². The quantitative estimate of drug-likeness (QED) is 0.631. The van der Waals surface area contributed by atoms with Crippen molar-refractivity contribution in [2.75, 3.05) is 40.8 Å². The molecule has 0 fully saturated rings. The zero-order chi connectivity index (χ0) is 13.4. The molecule has 0 saturated heterocycles. The fourth-order valence-corrected chi connectivity index (χ4v) is 1.02. The monoisotopic (exact) mass is 244 g/mol. The molecule has 2 N–H and O–H groups in total. The van der Waals surface area contributed by atoms with Crippen LogP contribution in [0.5, 0.6) is 0 Å². The molecule has 0 rings (SSSR count). The Kier molecular flexibility index (Phi) is 7.29. The first-order chi connectivity index (χ1) is 7.86. The SMILES string of the molecule is CC(C)N(C)C(=O)CNCCNC(=O)N(C)C. The Balaban J connectivity index is 3.59. The van der Waals surface area contributed by atoms with Crippen molar-refractivity contribution in [3.63, 3.8) is 0 Å². The highest BCUT2D eigenvalue weighted by Gasteiger charge is 2.10. The number of likely N-dealkylation sites (N-methyl/N-ethyl adjacent to an activating group) is 1. The summed E-state index contributed by atoms with van der Waals surface area (Å²) in [6.45, 7) is 5.32. The first kappa shape index (κ1) is 15.7. The first-order valence-corrected chi connectivity index (χ1v) is 5.77. The molecule has 6 heteroatoms. The van der Waals surface area contributed by atoms with Crippen molar-refractivity contribution in [1.29, 1.82) is 0 Å². The number of amides is 3. The van der Waals surface area contributed by atoms with Gasteiger partial charge in [0.1, 0.15) is 0 Å². The van der Waals surface area contributed by atoms with Gasteiger partial charge in [0.15, 0.2) is 0 Å². The van der Waals surface area contributed by atoms with Crippen LogP contribution in [0, 0.1) is 0 Å². The van der Waals surface area contributed by atoms with E-state index < -0.39 is 0 Å². The maximum atomic E-state index is 11.6. The molecule has 0 saturated carbocycles. The Morgan fingerprint density at radius 2 is 1.71 bits per heavy atom. The summed E-state index contributed by atoms with van der Waals surface area (Å²) in [5.41, 5.74) is 0. The average Bonchev–Trinajstić information content (AvgIpc) is 2.26. The molecule has 17 heavy (non-hydrogen) atoms. The first-order valence-electron chi connectivity index (χ1n) is 5.77. The fraction of sp³-hybridized carbons (Fsp3) is 0.818. The lowest BCUT2D eigenvalue weighted by molar-refractivity contribution is -0.130. The van der Waals surface area contributed by atoms with Gasteiger partial charge in [0.2, 0.25) is 5.91 Å². The number of nitrogens with zero attached hydrogens (tertiary/aromatic N) is 2. The van der Waals surface area contributed by atoms with E-state index in [1.807, 2.05) is 13.8 Å². The van der Waals surface area contributed by atoms with E-state index in [1.165, 1.54) is 4.90 Å². The summed E-state index contributed by atoms with van der Waals surface area (Å²) in [7, 11) is 5.15. The molecule has 0 heterocycles. The van der Waals surface area contributed by atoms with E-state index in [0.717, 1.165) is 0 Å². The van der Waals surface area contributed by atoms with Crippen LogP contribution in [-0.2, 0) is 4.79 Å². The third kappa shape index (κ3) is 6.78. The van der Waals surface area contributed by atoms with Gasteiger partial charge in [0.05, 0.1) is 6.54 Å². The van der Waals surface area contributed by atoms with Gasteiger partial charge in [-0.15, -0.1) is 0 Å². The van der Waals surface area contributed by atoms with Crippen molar-refractivity contribution in [3.8, 4) is 0 Å². The van der Waals surface area contributed by atoms with Gasteiger partial charge in [-0.25, -0.2) is 4.79 Å². The molecule has 0 aliphatic carbocycles. The minimum absolute atomic E-state index is 0.0546. The molecular weight excluding hydrogens is 220 g/mol.